The van der Waals surface area contributed by atoms with Crippen LogP contribution in [0.15, 0.2) is 35.7 Å². The van der Waals surface area contributed by atoms with Crippen LogP contribution in [0, 0.1) is 6.92 Å². The number of fused-ring (bicyclic) bond motifs is 1. The fourth-order valence-corrected chi connectivity index (χ4v) is 3.01. The average Bonchev–Trinajstić information content (AvgIpc) is 2.96. The van der Waals surface area contributed by atoms with Crippen molar-refractivity contribution in [2.24, 2.45) is 5.10 Å². The molecule has 8 nitrogen and oxygen atoms in total. The second kappa shape index (κ2) is 7.32. The molecule has 1 amide bonds. The molecule has 0 radical (unpaired) electrons. The molecule has 1 aliphatic heterocycles. The monoisotopic (exact) mass is 383 g/mol. The lowest BCUT2D eigenvalue weighted by atomic mass is 10.2. The first kappa shape index (κ1) is 17.4. The summed E-state index contributed by atoms with van der Waals surface area (Å²) in [6.45, 7) is 3.81. The van der Waals surface area contributed by atoms with Gasteiger partial charge in [-0.15, -0.1) is 0 Å². The summed E-state index contributed by atoms with van der Waals surface area (Å²) < 4.78 is 1.68. The molecule has 1 aromatic carbocycles. The molecule has 0 spiro atoms. The second-order valence-electron chi connectivity index (χ2n) is 6.40. The van der Waals surface area contributed by atoms with Crippen molar-refractivity contribution >= 4 is 40.7 Å². The van der Waals surface area contributed by atoms with Gasteiger partial charge in [0.2, 0.25) is 11.2 Å². The van der Waals surface area contributed by atoms with Crippen molar-refractivity contribution in [3.05, 3.63) is 47.0 Å². The zero-order valence-electron chi connectivity index (χ0n) is 14.8. The van der Waals surface area contributed by atoms with Crippen LogP contribution in [-0.4, -0.2) is 49.6 Å². The smallest absolute Gasteiger partial charge is 0.242 e. The van der Waals surface area contributed by atoms with E-state index in [-0.39, 0.29) is 17.7 Å². The van der Waals surface area contributed by atoms with Crippen LogP contribution < -0.4 is 5.43 Å². The number of halogens is 1. The summed E-state index contributed by atoms with van der Waals surface area (Å²) in [5.74, 6) is 0.436. The zero-order chi connectivity index (χ0) is 18.8. The van der Waals surface area contributed by atoms with E-state index in [9.17, 15) is 4.79 Å². The largest absolute Gasteiger partial charge is 0.341 e. The lowest BCUT2D eigenvalue weighted by Gasteiger charge is -2.30. The summed E-state index contributed by atoms with van der Waals surface area (Å²) in [5.41, 5.74) is 5.99. The van der Waals surface area contributed by atoms with Crippen molar-refractivity contribution in [3.8, 4) is 0 Å². The van der Waals surface area contributed by atoms with Gasteiger partial charge in [-0.3, -0.25) is 10.2 Å². The normalized spacial score (nSPS) is 13.9. The highest BCUT2D eigenvalue weighted by atomic mass is 35.5. The molecule has 0 aliphatic carbocycles. The molecule has 9 heteroatoms. The van der Waals surface area contributed by atoms with Crippen LogP contribution in [-0.2, 0) is 11.3 Å². The Hall–Kier alpha value is -3.00. The molecule has 0 saturated carbocycles. The van der Waals surface area contributed by atoms with Crippen molar-refractivity contribution in [2.75, 3.05) is 18.5 Å². The number of hydrogen-bond donors (Lipinski definition) is 1. The van der Waals surface area contributed by atoms with Crippen LogP contribution in [0.25, 0.3) is 11.2 Å². The van der Waals surface area contributed by atoms with Crippen LogP contribution in [0.5, 0.6) is 0 Å². The molecule has 3 aromatic rings. The van der Waals surface area contributed by atoms with Gasteiger partial charge >= 0.3 is 0 Å². The Kier molecular flexibility index (Phi) is 4.72. The van der Waals surface area contributed by atoms with E-state index in [1.54, 1.807) is 22.0 Å². The number of benzene rings is 1. The van der Waals surface area contributed by atoms with Crippen molar-refractivity contribution in [1.29, 1.82) is 0 Å². The first-order valence-electron chi connectivity index (χ1n) is 8.62. The van der Waals surface area contributed by atoms with Crippen LogP contribution in [0.3, 0.4) is 0 Å². The number of carbonyl (C=O) groups is 1. The highest BCUT2D eigenvalue weighted by Gasteiger charge is 2.22. The van der Waals surface area contributed by atoms with Gasteiger partial charge in [-0.2, -0.15) is 15.1 Å². The third-order valence-electron chi connectivity index (χ3n) is 4.38. The molecule has 27 heavy (non-hydrogen) atoms. The standard InChI is InChI=1S/C18H18ClN7O/c1-12-4-2-5-13(8-12)9-21-24-16-15-17(23-18(19)22-16)26(11-20-15)10-14(27)25-6-3-7-25/h2,4-5,8-9,11H,3,6-7,10H2,1H3,(H,22,23,24)/b21-9+. The van der Waals surface area contributed by atoms with E-state index in [2.05, 4.69) is 25.5 Å². The third-order valence-corrected chi connectivity index (χ3v) is 4.55. The Morgan fingerprint density at radius 3 is 2.96 bits per heavy atom. The van der Waals surface area contributed by atoms with E-state index in [1.165, 1.54) is 0 Å². The van der Waals surface area contributed by atoms with Crippen LogP contribution in [0.4, 0.5) is 5.82 Å². The molecule has 0 bridgehead atoms. The summed E-state index contributed by atoms with van der Waals surface area (Å²) in [6, 6.07) is 7.96. The van der Waals surface area contributed by atoms with E-state index in [1.807, 2.05) is 31.2 Å². The van der Waals surface area contributed by atoms with Crippen LogP contribution >= 0.6 is 11.6 Å². The minimum absolute atomic E-state index is 0.0438. The molecule has 1 saturated heterocycles. The second-order valence-corrected chi connectivity index (χ2v) is 6.74. The van der Waals surface area contributed by atoms with Gasteiger partial charge in [-0.1, -0.05) is 29.8 Å². The maximum Gasteiger partial charge on any atom is 0.242 e. The predicted molar refractivity (Wildman–Crippen MR) is 104 cm³/mol. The van der Waals surface area contributed by atoms with E-state index in [0.717, 1.165) is 30.6 Å². The van der Waals surface area contributed by atoms with Crippen molar-refractivity contribution in [3.63, 3.8) is 0 Å². The lowest BCUT2D eigenvalue weighted by Crippen LogP contribution is -2.43. The summed E-state index contributed by atoms with van der Waals surface area (Å²) in [4.78, 5) is 26.7. The lowest BCUT2D eigenvalue weighted by molar-refractivity contribution is -0.135. The molecule has 0 atom stereocenters. The molecule has 1 fully saturated rings. The van der Waals surface area contributed by atoms with Gasteiger partial charge in [0, 0.05) is 13.1 Å². The summed E-state index contributed by atoms with van der Waals surface area (Å²) in [5, 5.41) is 4.28. The molecule has 1 N–H and O–H groups in total. The Labute approximate surface area is 160 Å². The van der Waals surface area contributed by atoms with E-state index in [4.69, 9.17) is 11.6 Å². The molecular formula is C18H18ClN7O. The van der Waals surface area contributed by atoms with Gasteiger partial charge in [0.25, 0.3) is 0 Å². The maximum atomic E-state index is 12.2. The van der Waals surface area contributed by atoms with Gasteiger partial charge in [0.05, 0.1) is 12.5 Å². The van der Waals surface area contributed by atoms with Gasteiger partial charge in [-0.25, -0.2) is 4.98 Å². The molecule has 3 heterocycles. The molecule has 1 aliphatic rings. The SMILES string of the molecule is Cc1cccc(/C=N/Nc2nc(Cl)nc3c2ncn3CC(=O)N2CCC2)c1. The maximum absolute atomic E-state index is 12.2. The molecular weight excluding hydrogens is 366 g/mol. The van der Waals surface area contributed by atoms with Crippen molar-refractivity contribution in [2.45, 2.75) is 19.9 Å². The number of hydrogen-bond acceptors (Lipinski definition) is 6. The van der Waals surface area contributed by atoms with Crippen LogP contribution in [0.2, 0.25) is 5.28 Å². The number of aryl methyl sites for hydroxylation is 1. The summed E-state index contributed by atoms with van der Waals surface area (Å²) >= 11 is 6.06. The van der Waals surface area contributed by atoms with E-state index >= 15 is 0 Å². The Morgan fingerprint density at radius 2 is 2.22 bits per heavy atom. The molecule has 138 valence electrons. The molecule has 2 aromatic heterocycles. The number of imidazole rings is 1. The highest BCUT2D eigenvalue weighted by molar-refractivity contribution is 6.28. The number of nitrogens with zero attached hydrogens (tertiary/aromatic N) is 6. The topological polar surface area (TPSA) is 88.3 Å². The number of carbonyl (C=O) groups excluding carboxylic acids is 1. The minimum atomic E-state index is 0.0438. The third kappa shape index (κ3) is 3.75. The number of aromatic nitrogens is 4. The minimum Gasteiger partial charge on any atom is -0.341 e. The van der Waals surface area contributed by atoms with Crippen molar-refractivity contribution in [1.82, 2.24) is 24.4 Å². The number of amides is 1. The molecule has 4 rings (SSSR count). The average molecular weight is 384 g/mol. The van der Waals surface area contributed by atoms with E-state index < -0.39 is 0 Å². The summed E-state index contributed by atoms with van der Waals surface area (Å²) in [7, 11) is 0. The number of hydrazone groups is 1. The van der Waals surface area contributed by atoms with Gasteiger partial charge < -0.3 is 9.47 Å². The zero-order valence-corrected chi connectivity index (χ0v) is 15.5. The first-order valence-corrected chi connectivity index (χ1v) is 9.00. The number of rotatable bonds is 5. The van der Waals surface area contributed by atoms with Gasteiger partial charge in [0.1, 0.15) is 6.54 Å². The predicted octanol–water partition coefficient (Wildman–Crippen LogP) is 2.47. The Bertz CT molecular complexity index is 1030. The van der Waals surface area contributed by atoms with Gasteiger partial charge in [0.15, 0.2) is 17.0 Å². The Morgan fingerprint density at radius 1 is 1.37 bits per heavy atom. The van der Waals surface area contributed by atoms with E-state index in [0.29, 0.717) is 17.0 Å². The number of anilines is 1. The fourth-order valence-electron chi connectivity index (χ4n) is 2.84. The number of nitrogens with one attached hydrogen (secondary N) is 1. The highest BCUT2D eigenvalue weighted by Crippen LogP contribution is 2.21. The quantitative estimate of drug-likeness (QED) is 0.415. The van der Waals surface area contributed by atoms with Crippen LogP contribution in [0.1, 0.15) is 17.5 Å². The van der Waals surface area contributed by atoms with Gasteiger partial charge in [-0.05, 0) is 30.5 Å². The fraction of sp³-hybridized carbons (Fsp3) is 0.278. The first-order chi connectivity index (χ1) is 13.1. The molecule has 0 unspecified atom stereocenters. The summed E-state index contributed by atoms with van der Waals surface area (Å²) in [6.07, 6.45) is 4.32. The van der Waals surface area contributed by atoms with Crippen molar-refractivity contribution < 1.29 is 4.79 Å². The number of likely N-dealkylation sites (tertiary alicyclic amines) is 1. The Balaban J connectivity index is 1.56.